The van der Waals surface area contributed by atoms with Crippen molar-refractivity contribution in [1.29, 1.82) is 0 Å². The number of nitrogens with zero attached hydrogens (tertiary/aromatic N) is 4. The first-order valence-electron chi connectivity index (χ1n) is 6.91. The molecule has 0 saturated heterocycles. The molecule has 0 aliphatic heterocycles. The van der Waals surface area contributed by atoms with Gasteiger partial charge in [0.15, 0.2) is 16.9 Å². The average molecular weight is 367 g/mol. The van der Waals surface area contributed by atoms with Crippen LogP contribution in [-0.4, -0.2) is 24.5 Å². The minimum Gasteiger partial charge on any atom is -0.301 e. The molecule has 1 aromatic carbocycles. The topological polar surface area (TPSA) is 78.9 Å². The van der Waals surface area contributed by atoms with Gasteiger partial charge in [0, 0.05) is 24.7 Å². The summed E-state index contributed by atoms with van der Waals surface area (Å²) in [5.41, 5.74) is -0.405. The Morgan fingerprint density at radius 1 is 1.08 bits per heavy atom. The van der Waals surface area contributed by atoms with Crippen LogP contribution in [0.4, 0.5) is 0 Å². The number of fused-ring (bicyclic) bond motifs is 1. The largest absolute Gasteiger partial charge is 0.332 e. The highest BCUT2D eigenvalue weighted by molar-refractivity contribution is 6.30. The highest BCUT2D eigenvalue weighted by atomic mass is 35.5. The number of Topliss-reactive ketones (excluding diaryl/α,β-unsaturated/α-hetero) is 1. The van der Waals surface area contributed by atoms with Gasteiger partial charge in [-0.15, -0.1) is 0 Å². The minimum atomic E-state index is -0.559. The van der Waals surface area contributed by atoms with Gasteiger partial charge in [-0.3, -0.25) is 18.7 Å². The van der Waals surface area contributed by atoms with Gasteiger partial charge in [-0.25, -0.2) is 4.79 Å². The Morgan fingerprint density at radius 2 is 1.71 bits per heavy atom. The fraction of sp³-hybridized carbons (Fsp3) is 0.200. The van der Waals surface area contributed by atoms with Crippen LogP contribution in [0.1, 0.15) is 10.4 Å². The van der Waals surface area contributed by atoms with Gasteiger partial charge in [-0.1, -0.05) is 11.6 Å². The number of ketones is 1. The molecule has 0 unspecified atom stereocenters. The molecular weight excluding hydrogens is 355 g/mol. The number of aryl methyl sites for hydroxylation is 1. The summed E-state index contributed by atoms with van der Waals surface area (Å²) in [6, 6.07) is 6.38. The molecule has 24 heavy (non-hydrogen) atoms. The summed E-state index contributed by atoms with van der Waals surface area (Å²) in [6.07, 6.45) is 0. The maximum Gasteiger partial charge on any atom is 0.332 e. The summed E-state index contributed by atoms with van der Waals surface area (Å²) in [6.45, 7) is -0.176. The molecule has 7 nitrogen and oxygen atoms in total. The van der Waals surface area contributed by atoms with E-state index in [1.807, 2.05) is 0 Å². The molecule has 0 bridgehead atoms. The molecule has 9 heteroatoms. The maximum absolute atomic E-state index is 12.4. The van der Waals surface area contributed by atoms with Gasteiger partial charge in [-0.05, 0) is 35.9 Å². The Morgan fingerprint density at radius 3 is 2.33 bits per heavy atom. The molecule has 0 N–H and O–H groups in total. The number of imidazole rings is 1. The second kappa shape index (κ2) is 5.92. The summed E-state index contributed by atoms with van der Waals surface area (Å²) in [4.78, 5) is 40.8. The number of rotatable bonds is 3. The standard InChI is InChI=1S/C15H12Cl2N4O3/c1-19-12-11(13(23)20(2)15(19)24)21(14(17)18-12)7-10(22)8-3-5-9(16)6-4-8/h3-6H,7H2,1-2H3. The third-order valence-corrected chi connectivity index (χ3v) is 4.31. The molecule has 0 amide bonds. The number of carbonyl (C=O) groups is 1. The first-order valence-corrected chi connectivity index (χ1v) is 7.67. The summed E-state index contributed by atoms with van der Waals surface area (Å²) >= 11 is 11.9. The number of halogens is 2. The molecule has 0 spiro atoms. The Kier molecular flexibility index (Phi) is 4.06. The summed E-state index contributed by atoms with van der Waals surface area (Å²) < 4.78 is 3.46. The lowest BCUT2D eigenvalue weighted by Crippen LogP contribution is -2.37. The lowest BCUT2D eigenvalue weighted by Gasteiger charge is -2.07. The van der Waals surface area contributed by atoms with Crippen LogP contribution in [0.3, 0.4) is 0 Å². The third kappa shape index (κ3) is 2.55. The van der Waals surface area contributed by atoms with E-state index < -0.39 is 11.2 Å². The van der Waals surface area contributed by atoms with Crippen molar-refractivity contribution in [3.8, 4) is 0 Å². The van der Waals surface area contributed by atoms with Gasteiger partial charge in [0.05, 0.1) is 6.54 Å². The highest BCUT2D eigenvalue weighted by Crippen LogP contribution is 2.17. The lowest BCUT2D eigenvalue weighted by molar-refractivity contribution is 0.0973. The quantitative estimate of drug-likeness (QED) is 0.521. The van der Waals surface area contributed by atoms with Crippen LogP contribution in [-0.2, 0) is 20.6 Å². The first-order chi connectivity index (χ1) is 11.3. The SMILES string of the molecule is Cn1c(=O)c2c(nc(Cl)n2CC(=O)c2ccc(Cl)cc2)n(C)c1=O. The normalized spacial score (nSPS) is 11.2. The van der Waals surface area contributed by atoms with Crippen LogP contribution >= 0.6 is 23.2 Å². The Hall–Kier alpha value is -2.38. The number of aromatic nitrogens is 4. The van der Waals surface area contributed by atoms with E-state index in [2.05, 4.69) is 4.98 Å². The molecule has 2 aromatic heterocycles. The van der Waals surface area contributed by atoms with Crippen LogP contribution in [0, 0.1) is 0 Å². The fourth-order valence-corrected chi connectivity index (χ4v) is 2.79. The molecule has 0 atom stereocenters. The minimum absolute atomic E-state index is 0.0365. The van der Waals surface area contributed by atoms with Crippen molar-refractivity contribution in [2.24, 2.45) is 14.1 Å². The molecule has 124 valence electrons. The molecular formula is C15H12Cl2N4O3. The van der Waals surface area contributed by atoms with Crippen molar-refractivity contribution in [3.05, 3.63) is 61.0 Å². The number of carbonyl (C=O) groups excluding carboxylic acids is 1. The predicted octanol–water partition coefficient (Wildman–Crippen LogP) is 1.62. The van der Waals surface area contributed by atoms with Crippen molar-refractivity contribution in [2.75, 3.05) is 0 Å². The molecule has 0 fully saturated rings. The van der Waals surface area contributed by atoms with Crippen molar-refractivity contribution < 1.29 is 4.79 Å². The van der Waals surface area contributed by atoms with E-state index in [1.165, 1.54) is 23.2 Å². The molecule has 2 heterocycles. The van der Waals surface area contributed by atoms with Crippen LogP contribution in [0.2, 0.25) is 10.3 Å². The highest BCUT2D eigenvalue weighted by Gasteiger charge is 2.20. The molecule has 0 radical (unpaired) electrons. The van der Waals surface area contributed by atoms with E-state index in [4.69, 9.17) is 23.2 Å². The monoisotopic (exact) mass is 366 g/mol. The zero-order chi connectivity index (χ0) is 17.6. The number of hydrogen-bond acceptors (Lipinski definition) is 4. The van der Waals surface area contributed by atoms with E-state index in [-0.39, 0.29) is 28.8 Å². The zero-order valence-electron chi connectivity index (χ0n) is 12.8. The van der Waals surface area contributed by atoms with Crippen molar-refractivity contribution in [1.82, 2.24) is 18.7 Å². The van der Waals surface area contributed by atoms with Crippen LogP contribution in [0.25, 0.3) is 11.2 Å². The summed E-state index contributed by atoms with van der Waals surface area (Å²) in [5.74, 6) is -0.260. The first kappa shape index (κ1) is 16.5. The third-order valence-electron chi connectivity index (χ3n) is 3.77. The molecule has 0 aliphatic carbocycles. The Balaban J connectivity index is 2.15. The number of hydrogen-bond donors (Lipinski definition) is 0. The van der Waals surface area contributed by atoms with E-state index in [0.29, 0.717) is 10.6 Å². The van der Waals surface area contributed by atoms with Crippen LogP contribution < -0.4 is 11.2 Å². The van der Waals surface area contributed by atoms with Gasteiger partial charge in [0.25, 0.3) is 5.56 Å². The van der Waals surface area contributed by atoms with Gasteiger partial charge < -0.3 is 4.57 Å². The van der Waals surface area contributed by atoms with Crippen LogP contribution in [0.5, 0.6) is 0 Å². The number of benzene rings is 1. The Labute approximate surface area is 145 Å². The summed E-state index contributed by atoms with van der Waals surface area (Å²) in [7, 11) is 2.84. The van der Waals surface area contributed by atoms with Crippen molar-refractivity contribution >= 4 is 40.1 Å². The Bertz CT molecular complexity index is 1080. The summed E-state index contributed by atoms with van der Waals surface area (Å²) in [5, 5.41) is 0.479. The van der Waals surface area contributed by atoms with Gasteiger partial charge in [-0.2, -0.15) is 4.98 Å². The molecule has 0 saturated carbocycles. The second-order valence-electron chi connectivity index (χ2n) is 5.28. The van der Waals surface area contributed by atoms with Gasteiger partial charge >= 0.3 is 5.69 Å². The molecule has 0 aliphatic rings. The smallest absolute Gasteiger partial charge is 0.301 e. The lowest BCUT2D eigenvalue weighted by atomic mass is 10.1. The van der Waals surface area contributed by atoms with E-state index in [0.717, 1.165) is 4.57 Å². The van der Waals surface area contributed by atoms with Gasteiger partial charge in [0.2, 0.25) is 5.28 Å². The van der Waals surface area contributed by atoms with Gasteiger partial charge in [0.1, 0.15) is 0 Å². The second-order valence-corrected chi connectivity index (χ2v) is 6.05. The van der Waals surface area contributed by atoms with E-state index in [1.54, 1.807) is 24.3 Å². The van der Waals surface area contributed by atoms with Crippen molar-refractivity contribution in [3.63, 3.8) is 0 Å². The van der Waals surface area contributed by atoms with E-state index >= 15 is 0 Å². The average Bonchev–Trinajstić information content (AvgIpc) is 2.88. The molecule has 3 aromatic rings. The zero-order valence-corrected chi connectivity index (χ0v) is 14.3. The maximum atomic E-state index is 12.4. The van der Waals surface area contributed by atoms with Crippen molar-refractivity contribution in [2.45, 2.75) is 6.54 Å². The molecule has 3 rings (SSSR count). The predicted molar refractivity (Wildman–Crippen MR) is 91.0 cm³/mol. The fourth-order valence-electron chi connectivity index (χ4n) is 2.43. The van der Waals surface area contributed by atoms with E-state index in [9.17, 15) is 14.4 Å². The van der Waals surface area contributed by atoms with Crippen LogP contribution in [0.15, 0.2) is 33.9 Å².